The van der Waals surface area contributed by atoms with Crippen molar-refractivity contribution in [2.45, 2.75) is 19.9 Å². The van der Waals surface area contributed by atoms with Crippen LogP contribution in [-0.4, -0.2) is 15.3 Å². The maximum absolute atomic E-state index is 12.3. The summed E-state index contributed by atoms with van der Waals surface area (Å²) in [5.74, 6) is 0.157. The van der Waals surface area contributed by atoms with E-state index < -0.39 is 0 Å². The van der Waals surface area contributed by atoms with Gasteiger partial charge in [-0.1, -0.05) is 37.6 Å². The first-order valence-electron chi connectivity index (χ1n) is 7.71. The Morgan fingerprint density at radius 2 is 2.17 bits per heavy atom. The summed E-state index contributed by atoms with van der Waals surface area (Å²) < 4.78 is 1.85. The molecule has 0 saturated heterocycles. The number of halogens is 1. The Balaban J connectivity index is 1.78. The van der Waals surface area contributed by atoms with Crippen molar-refractivity contribution in [1.29, 1.82) is 0 Å². The summed E-state index contributed by atoms with van der Waals surface area (Å²) in [6, 6.07) is 9.70. The molecule has 3 heterocycles. The van der Waals surface area contributed by atoms with Crippen molar-refractivity contribution in [3.63, 3.8) is 0 Å². The number of aromatic nitrogens is 2. The van der Waals surface area contributed by atoms with Crippen LogP contribution in [0.5, 0.6) is 0 Å². The van der Waals surface area contributed by atoms with Crippen molar-refractivity contribution in [3.05, 3.63) is 63.7 Å². The van der Waals surface area contributed by atoms with E-state index in [1.807, 2.05) is 46.3 Å². The lowest BCUT2D eigenvalue weighted by atomic mass is 10.0. The second-order valence-corrected chi connectivity index (χ2v) is 7.13. The molecular formula is C18H18ClN3OS. The van der Waals surface area contributed by atoms with E-state index in [9.17, 15) is 4.79 Å². The molecule has 0 unspecified atom stereocenters. The van der Waals surface area contributed by atoms with Gasteiger partial charge in [-0.3, -0.25) is 9.20 Å². The number of hydrogen-bond donors (Lipinski definition) is 1. The van der Waals surface area contributed by atoms with Gasteiger partial charge in [-0.25, -0.2) is 4.98 Å². The average Bonchev–Trinajstić information content (AvgIpc) is 3.17. The molecule has 0 fully saturated rings. The summed E-state index contributed by atoms with van der Waals surface area (Å²) in [6.07, 6.45) is 5.07. The predicted octanol–water partition coefficient (Wildman–Crippen LogP) is 4.58. The van der Waals surface area contributed by atoms with Crippen molar-refractivity contribution in [1.82, 2.24) is 14.7 Å². The van der Waals surface area contributed by atoms with E-state index in [0.717, 1.165) is 10.5 Å². The molecule has 0 aliphatic rings. The van der Waals surface area contributed by atoms with Crippen LogP contribution in [0, 0.1) is 5.92 Å². The van der Waals surface area contributed by atoms with E-state index in [0.29, 0.717) is 16.8 Å². The monoisotopic (exact) mass is 359 g/mol. The van der Waals surface area contributed by atoms with Gasteiger partial charge in [-0.15, -0.1) is 11.3 Å². The van der Waals surface area contributed by atoms with Crippen LogP contribution in [-0.2, 0) is 4.79 Å². The van der Waals surface area contributed by atoms with Crippen molar-refractivity contribution in [2.24, 2.45) is 5.92 Å². The molecule has 3 rings (SSSR count). The highest BCUT2D eigenvalue weighted by atomic mass is 35.5. The summed E-state index contributed by atoms with van der Waals surface area (Å²) >= 11 is 7.82. The molecule has 0 saturated carbocycles. The van der Waals surface area contributed by atoms with Gasteiger partial charge in [0.15, 0.2) is 5.15 Å². The lowest BCUT2D eigenvalue weighted by Crippen LogP contribution is -2.29. The first-order chi connectivity index (χ1) is 11.6. The highest BCUT2D eigenvalue weighted by Gasteiger charge is 2.18. The Bertz CT molecular complexity index is 868. The van der Waals surface area contributed by atoms with Crippen molar-refractivity contribution < 1.29 is 4.79 Å². The van der Waals surface area contributed by atoms with Gasteiger partial charge < -0.3 is 5.32 Å². The first-order valence-corrected chi connectivity index (χ1v) is 8.96. The number of nitrogens with one attached hydrogen (secondary N) is 1. The van der Waals surface area contributed by atoms with E-state index in [1.165, 1.54) is 6.08 Å². The Hall–Kier alpha value is -2.11. The summed E-state index contributed by atoms with van der Waals surface area (Å²) in [4.78, 5) is 17.8. The lowest BCUT2D eigenvalue weighted by Gasteiger charge is -2.20. The zero-order chi connectivity index (χ0) is 17.1. The van der Waals surface area contributed by atoms with Gasteiger partial charge in [0.1, 0.15) is 5.65 Å². The summed E-state index contributed by atoms with van der Waals surface area (Å²) in [5, 5.41) is 5.46. The molecule has 3 aromatic rings. The SMILES string of the molecule is CC(C)[C@@H](NC(=O)/C=C/c1c(Cl)nc2ccccn12)c1cccs1. The zero-order valence-corrected chi connectivity index (χ0v) is 15.0. The highest BCUT2D eigenvalue weighted by Crippen LogP contribution is 2.26. The fourth-order valence-electron chi connectivity index (χ4n) is 2.53. The number of amides is 1. The minimum absolute atomic E-state index is 0.000179. The van der Waals surface area contributed by atoms with E-state index >= 15 is 0 Å². The molecule has 0 aliphatic heterocycles. The minimum Gasteiger partial charge on any atom is -0.345 e. The maximum Gasteiger partial charge on any atom is 0.244 e. The number of nitrogens with zero attached hydrogens (tertiary/aromatic N) is 2. The molecular weight excluding hydrogens is 342 g/mol. The molecule has 24 heavy (non-hydrogen) atoms. The summed E-state index contributed by atoms with van der Waals surface area (Å²) in [7, 11) is 0. The molecule has 1 atom stereocenters. The van der Waals surface area contributed by atoms with Gasteiger partial charge in [0.05, 0.1) is 11.7 Å². The molecule has 1 amide bonds. The van der Waals surface area contributed by atoms with Gasteiger partial charge >= 0.3 is 0 Å². The molecule has 4 nitrogen and oxygen atoms in total. The van der Waals surface area contributed by atoms with Gasteiger partial charge in [-0.05, 0) is 35.6 Å². The van der Waals surface area contributed by atoms with Crippen molar-refractivity contribution in [3.8, 4) is 0 Å². The third kappa shape index (κ3) is 3.52. The van der Waals surface area contributed by atoms with Gasteiger partial charge in [0.25, 0.3) is 0 Å². The quantitative estimate of drug-likeness (QED) is 0.678. The minimum atomic E-state index is -0.149. The Labute approximate surface area is 149 Å². The Morgan fingerprint density at radius 3 is 2.88 bits per heavy atom. The van der Waals surface area contributed by atoms with E-state index in [2.05, 4.69) is 24.1 Å². The number of fused-ring (bicyclic) bond motifs is 1. The number of carbonyl (C=O) groups excluding carboxylic acids is 1. The van der Waals surface area contributed by atoms with Gasteiger partial charge in [0.2, 0.25) is 5.91 Å². The van der Waals surface area contributed by atoms with E-state index in [4.69, 9.17) is 11.6 Å². The molecule has 0 aliphatic carbocycles. The van der Waals surface area contributed by atoms with Crippen LogP contribution in [0.15, 0.2) is 48.0 Å². The Kier molecular flexibility index (Phi) is 5.02. The first kappa shape index (κ1) is 16.7. The number of pyridine rings is 1. The molecule has 0 radical (unpaired) electrons. The van der Waals surface area contributed by atoms with Gasteiger partial charge in [0, 0.05) is 17.2 Å². The second-order valence-electron chi connectivity index (χ2n) is 5.80. The van der Waals surface area contributed by atoms with E-state index in [1.54, 1.807) is 17.4 Å². The highest BCUT2D eigenvalue weighted by molar-refractivity contribution is 7.10. The van der Waals surface area contributed by atoms with Crippen molar-refractivity contribution in [2.75, 3.05) is 0 Å². The second kappa shape index (κ2) is 7.20. The molecule has 124 valence electrons. The fourth-order valence-corrected chi connectivity index (χ4v) is 3.72. The largest absolute Gasteiger partial charge is 0.345 e. The van der Waals surface area contributed by atoms with Crippen molar-refractivity contribution >= 4 is 40.6 Å². The third-order valence-electron chi connectivity index (χ3n) is 3.73. The number of rotatable bonds is 5. The smallest absolute Gasteiger partial charge is 0.244 e. The lowest BCUT2D eigenvalue weighted by molar-refractivity contribution is -0.117. The Morgan fingerprint density at radius 1 is 1.33 bits per heavy atom. The van der Waals surface area contributed by atoms with Crippen LogP contribution in [0.2, 0.25) is 5.15 Å². The number of hydrogen-bond acceptors (Lipinski definition) is 3. The molecule has 0 aromatic carbocycles. The standard InChI is InChI=1S/C18H18ClN3OS/c1-12(2)17(14-6-5-11-24-14)21-16(23)9-8-13-18(19)20-15-7-3-4-10-22(13)15/h3-12,17H,1-2H3,(H,21,23)/b9-8+/t17-/m1/s1. The maximum atomic E-state index is 12.3. The zero-order valence-electron chi connectivity index (χ0n) is 13.4. The third-order valence-corrected chi connectivity index (χ3v) is 4.96. The topological polar surface area (TPSA) is 46.4 Å². The van der Waals surface area contributed by atoms with Crippen LogP contribution in [0.4, 0.5) is 0 Å². The van der Waals surface area contributed by atoms with E-state index in [-0.39, 0.29) is 11.9 Å². The summed E-state index contributed by atoms with van der Waals surface area (Å²) in [6.45, 7) is 4.19. The molecule has 0 bridgehead atoms. The molecule has 6 heteroatoms. The predicted molar refractivity (Wildman–Crippen MR) is 99.3 cm³/mol. The fraction of sp³-hybridized carbons (Fsp3) is 0.222. The van der Waals surface area contributed by atoms with Crippen LogP contribution >= 0.6 is 22.9 Å². The number of carbonyl (C=O) groups is 1. The number of thiophene rings is 1. The van der Waals surface area contributed by atoms with Crippen LogP contribution in [0.1, 0.15) is 30.5 Å². The summed E-state index contributed by atoms with van der Waals surface area (Å²) in [5.41, 5.74) is 1.45. The molecule has 1 N–H and O–H groups in total. The van der Waals surface area contributed by atoms with Crippen LogP contribution < -0.4 is 5.32 Å². The molecule has 3 aromatic heterocycles. The van der Waals surface area contributed by atoms with Crippen LogP contribution in [0.25, 0.3) is 11.7 Å². The normalized spacial score (nSPS) is 13.0. The number of imidazole rings is 1. The van der Waals surface area contributed by atoms with Gasteiger partial charge in [-0.2, -0.15) is 0 Å². The van der Waals surface area contributed by atoms with Crippen LogP contribution in [0.3, 0.4) is 0 Å². The molecule has 0 spiro atoms. The average molecular weight is 360 g/mol.